The third-order valence-corrected chi connectivity index (χ3v) is 5.92. The van der Waals surface area contributed by atoms with Gasteiger partial charge in [0.15, 0.2) is 0 Å². The summed E-state index contributed by atoms with van der Waals surface area (Å²) >= 11 is 6.08. The minimum Gasteiger partial charge on any atom is -0.494 e. The lowest BCUT2D eigenvalue weighted by molar-refractivity contribution is -0.125. The van der Waals surface area contributed by atoms with Crippen LogP contribution in [0.1, 0.15) is 25.3 Å². The Labute approximate surface area is 197 Å². The fourth-order valence-corrected chi connectivity index (χ4v) is 4.22. The number of amides is 1. The molecule has 8 heteroatoms. The van der Waals surface area contributed by atoms with Gasteiger partial charge in [0.2, 0.25) is 5.91 Å². The number of para-hydroxylation sites is 1. The largest absolute Gasteiger partial charge is 0.494 e. The number of piperidine rings is 1. The molecule has 1 amide bonds. The molecule has 1 aliphatic rings. The molecule has 1 saturated heterocycles. The van der Waals surface area contributed by atoms with Crippen LogP contribution in [0.15, 0.2) is 65.5 Å². The number of benzene rings is 2. The lowest BCUT2D eigenvalue weighted by Gasteiger charge is -2.33. The molecule has 2 heterocycles. The molecular weight excluding hydrogens is 440 g/mol. The second-order valence-corrected chi connectivity index (χ2v) is 8.40. The maximum Gasteiger partial charge on any atom is 0.271 e. The number of carbonyl (C=O) groups excluding carboxylic acids is 1. The van der Waals surface area contributed by atoms with Crippen molar-refractivity contribution < 1.29 is 9.53 Å². The highest BCUT2D eigenvalue weighted by atomic mass is 35.5. The van der Waals surface area contributed by atoms with Crippen molar-refractivity contribution in [3.8, 4) is 11.4 Å². The highest BCUT2D eigenvalue weighted by Crippen LogP contribution is 2.23. The SMILES string of the molecule is CCOc1ccccc1CNC(=O)[C@H]1CCCN(c2ccc(=O)n(-c3cccc(Cl)c3)n2)C1. The van der Waals surface area contributed by atoms with E-state index in [0.717, 1.165) is 30.7 Å². The molecule has 0 bridgehead atoms. The summed E-state index contributed by atoms with van der Waals surface area (Å²) < 4.78 is 6.99. The van der Waals surface area contributed by atoms with Crippen LogP contribution in [-0.4, -0.2) is 35.4 Å². The van der Waals surface area contributed by atoms with Crippen molar-refractivity contribution in [2.45, 2.75) is 26.3 Å². The molecule has 1 aliphatic heterocycles. The Kier molecular flexibility index (Phi) is 7.29. The second kappa shape index (κ2) is 10.5. The molecule has 1 N–H and O–H groups in total. The summed E-state index contributed by atoms with van der Waals surface area (Å²) in [4.78, 5) is 27.4. The van der Waals surface area contributed by atoms with Crippen molar-refractivity contribution in [2.75, 3.05) is 24.6 Å². The number of carbonyl (C=O) groups is 1. The topological polar surface area (TPSA) is 76.5 Å². The predicted octanol–water partition coefficient (Wildman–Crippen LogP) is 3.82. The summed E-state index contributed by atoms with van der Waals surface area (Å²) in [5, 5.41) is 8.14. The molecule has 2 aromatic carbocycles. The van der Waals surface area contributed by atoms with Crippen molar-refractivity contribution in [1.29, 1.82) is 0 Å². The van der Waals surface area contributed by atoms with Crippen LogP contribution >= 0.6 is 11.6 Å². The van der Waals surface area contributed by atoms with Gasteiger partial charge in [0.1, 0.15) is 11.6 Å². The van der Waals surface area contributed by atoms with E-state index < -0.39 is 0 Å². The van der Waals surface area contributed by atoms with E-state index in [1.165, 1.54) is 10.7 Å². The summed E-state index contributed by atoms with van der Waals surface area (Å²) in [5.41, 5.74) is 1.32. The lowest BCUT2D eigenvalue weighted by atomic mass is 9.97. The van der Waals surface area contributed by atoms with Gasteiger partial charge in [0.25, 0.3) is 5.56 Å². The minimum atomic E-state index is -0.236. The van der Waals surface area contributed by atoms with Gasteiger partial charge in [-0.2, -0.15) is 4.68 Å². The Bertz CT molecular complexity index is 1180. The Morgan fingerprint density at radius 3 is 2.85 bits per heavy atom. The van der Waals surface area contributed by atoms with E-state index in [4.69, 9.17) is 16.3 Å². The van der Waals surface area contributed by atoms with E-state index in [2.05, 4.69) is 15.3 Å². The number of nitrogens with one attached hydrogen (secondary N) is 1. The fraction of sp³-hybridized carbons (Fsp3) is 0.320. The highest BCUT2D eigenvalue weighted by Gasteiger charge is 2.27. The van der Waals surface area contributed by atoms with Crippen molar-refractivity contribution in [3.05, 3.63) is 81.6 Å². The first-order chi connectivity index (χ1) is 16.0. The van der Waals surface area contributed by atoms with Crippen molar-refractivity contribution >= 4 is 23.3 Å². The first kappa shape index (κ1) is 22.9. The summed E-state index contributed by atoms with van der Waals surface area (Å²) in [5.74, 6) is 1.30. The number of hydrogen-bond donors (Lipinski definition) is 1. The normalized spacial score (nSPS) is 15.8. The van der Waals surface area contributed by atoms with Crippen LogP contribution in [0.25, 0.3) is 5.69 Å². The quantitative estimate of drug-likeness (QED) is 0.573. The maximum absolute atomic E-state index is 12.9. The van der Waals surface area contributed by atoms with E-state index in [-0.39, 0.29) is 17.4 Å². The Balaban J connectivity index is 1.45. The average Bonchev–Trinajstić information content (AvgIpc) is 2.84. The standard InChI is InChI=1S/C25H27ClN4O3/c1-2-33-22-11-4-3-7-18(22)16-27-25(32)19-8-6-14-29(17-19)23-12-13-24(31)30(28-23)21-10-5-9-20(26)15-21/h3-5,7,9-13,15,19H,2,6,8,14,16-17H2,1H3,(H,27,32)/t19-/m0/s1. The van der Waals surface area contributed by atoms with Crippen LogP contribution in [0.4, 0.5) is 5.82 Å². The van der Waals surface area contributed by atoms with Gasteiger partial charge in [0.05, 0.1) is 18.2 Å². The zero-order chi connectivity index (χ0) is 23.2. The first-order valence-electron chi connectivity index (χ1n) is 11.1. The van der Waals surface area contributed by atoms with Crippen LogP contribution in [-0.2, 0) is 11.3 Å². The Morgan fingerprint density at radius 1 is 1.18 bits per heavy atom. The molecule has 172 valence electrons. The highest BCUT2D eigenvalue weighted by molar-refractivity contribution is 6.30. The van der Waals surface area contributed by atoms with Gasteiger partial charge < -0.3 is 15.0 Å². The van der Waals surface area contributed by atoms with Crippen LogP contribution in [0, 0.1) is 5.92 Å². The van der Waals surface area contributed by atoms with E-state index in [1.54, 1.807) is 30.3 Å². The summed E-state index contributed by atoms with van der Waals surface area (Å²) in [7, 11) is 0. The van der Waals surface area contributed by atoms with Crippen molar-refractivity contribution in [3.63, 3.8) is 0 Å². The predicted molar refractivity (Wildman–Crippen MR) is 129 cm³/mol. The van der Waals surface area contributed by atoms with E-state index in [0.29, 0.717) is 36.2 Å². The molecule has 3 aromatic rings. The van der Waals surface area contributed by atoms with Crippen LogP contribution in [0.2, 0.25) is 5.02 Å². The summed E-state index contributed by atoms with van der Waals surface area (Å²) in [6.07, 6.45) is 1.68. The molecule has 0 saturated carbocycles. The van der Waals surface area contributed by atoms with Gasteiger partial charge in [-0.15, -0.1) is 5.10 Å². The van der Waals surface area contributed by atoms with Crippen molar-refractivity contribution in [1.82, 2.24) is 15.1 Å². The third kappa shape index (κ3) is 5.54. The summed E-state index contributed by atoms with van der Waals surface area (Å²) in [6, 6.07) is 18.0. The number of aromatic nitrogens is 2. The number of halogens is 1. The van der Waals surface area contributed by atoms with Gasteiger partial charge >= 0.3 is 0 Å². The summed E-state index contributed by atoms with van der Waals surface area (Å²) in [6.45, 7) is 4.25. The number of rotatable bonds is 7. The lowest BCUT2D eigenvalue weighted by Crippen LogP contribution is -2.43. The van der Waals surface area contributed by atoms with Crippen LogP contribution < -0.4 is 20.5 Å². The van der Waals surface area contributed by atoms with Crippen LogP contribution in [0.3, 0.4) is 0 Å². The molecule has 1 fully saturated rings. The smallest absolute Gasteiger partial charge is 0.271 e. The monoisotopic (exact) mass is 466 g/mol. The minimum absolute atomic E-state index is 0.00849. The van der Waals surface area contributed by atoms with Crippen molar-refractivity contribution in [2.24, 2.45) is 5.92 Å². The van der Waals surface area contributed by atoms with E-state index >= 15 is 0 Å². The second-order valence-electron chi connectivity index (χ2n) is 7.97. The van der Waals surface area contributed by atoms with E-state index in [9.17, 15) is 9.59 Å². The molecule has 0 aliphatic carbocycles. The molecule has 0 spiro atoms. The first-order valence-corrected chi connectivity index (χ1v) is 11.5. The molecule has 4 rings (SSSR count). The van der Waals surface area contributed by atoms with Crippen LogP contribution in [0.5, 0.6) is 5.75 Å². The number of nitrogens with zero attached hydrogens (tertiary/aromatic N) is 3. The van der Waals surface area contributed by atoms with Gasteiger partial charge in [-0.25, -0.2) is 0 Å². The molecule has 1 atom stereocenters. The zero-order valence-corrected chi connectivity index (χ0v) is 19.3. The van der Waals surface area contributed by atoms with Gasteiger partial charge in [-0.1, -0.05) is 35.9 Å². The zero-order valence-electron chi connectivity index (χ0n) is 18.5. The molecule has 0 radical (unpaired) electrons. The van der Waals surface area contributed by atoms with Gasteiger partial charge in [0, 0.05) is 36.3 Å². The third-order valence-electron chi connectivity index (χ3n) is 5.68. The number of hydrogen-bond acceptors (Lipinski definition) is 5. The fourth-order valence-electron chi connectivity index (χ4n) is 4.04. The molecule has 1 aromatic heterocycles. The molecule has 33 heavy (non-hydrogen) atoms. The Hall–Kier alpha value is -3.32. The molecular formula is C25H27ClN4O3. The number of ether oxygens (including phenoxy) is 1. The number of anilines is 1. The molecule has 7 nitrogen and oxygen atoms in total. The average molecular weight is 467 g/mol. The van der Waals surface area contributed by atoms with Gasteiger partial charge in [-0.3, -0.25) is 9.59 Å². The Morgan fingerprint density at radius 2 is 2.03 bits per heavy atom. The maximum atomic E-state index is 12.9. The van der Waals surface area contributed by atoms with Gasteiger partial charge in [-0.05, 0) is 50.1 Å². The van der Waals surface area contributed by atoms with E-state index in [1.807, 2.05) is 31.2 Å². The molecule has 0 unspecified atom stereocenters.